The highest BCUT2D eigenvalue weighted by Crippen LogP contribution is 2.07. The zero-order valence-electron chi connectivity index (χ0n) is 5.28. The number of nitrogens with one attached hydrogen (secondary N) is 2. The zero-order chi connectivity index (χ0) is 5.98. The summed E-state index contributed by atoms with van der Waals surface area (Å²) in [7, 11) is 0. The van der Waals surface area contributed by atoms with Crippen LogP contribution in [0.4, 0.5) is 0 Å². The minimum atomic E-state index is 0.0810. The van der Waals surface area contributed by atoms with Gasteiger partial charge in [-0.25, -0.2) is 0 Å². The van der Waals surface area contributed by atoms with E-state index in [1.54, 1.807) is 0 Å². The van der Waals surface area contributed by atoms with Gasteiger partial charge in [0, 0.05) is 12.1 Å². The summed E-state index contributed by atoms with van der Waals surface area (Å²) in [5.41, 5.74) is 7.31. The number of rotatable bonds is 1. The average Bonchev–Trinajstić information content (AvgIpc) is 2.12. The third kappa shape index (κ3) is 1.20. The second kappa shape index (κ2) is 2.46. The van der Waals surface area contributed by atoms with Gasteiger partial charge in [0.25, 0.3) is 0 Å². The summed E-state index contributed by atoms with van der Waals surface area (Å²) in [5, 5.41) is 3.27. The van der Waals surface area contributed by atoms with Crippen molar-refractivity contribution in [1.82, 2.24) is 11.1 Å². The predicted molar refractivity (Wildman–Crippen MR) is 33.6 cm³/mol. The van der Waals surface area contributed by atoms with Crippen LogP contribution in [-0.2, 0) is 0 Å². The molecule has 2 N–H and O–H groups in total. The molecule has 1 aliphatic rings. The zero-order valence-corrected chi connectivity index (χ0v) is 5.28. The van der Waals surface area contributed by atoms with Crippen molar-refractivity contribution < 1.29 is 0 Å². The third-order valence-electron chi connectivity index (χ3n) is 1.70. The normalized spacial score (nSPS) is 33.0. The molecule has 1 aliphatic heterocycles. The molecule has 1 unspecified atom stereocenters. The average molecular weight is 113 g/mol. The van der Waals surface area contributed by atoms with Crippen molar-refractivity contribution >= 4 is 0 Å². The minimum Gasteiger partial charge on any atom is -0.312 e. The molecular formula is C6H13N2. The quantitative estimate of drug-likeness (QED) is 0.525. The monoisotopic (exact) mass is 113 g/mol. The summed E-state index contributed by atoms with van der Waals surface area (Å²) < 4.78 is 0. The fraction of sp³-hybridized carbons (Fsp3) is 1.00. The van der Waals surface area contributed by atoms with Gasteiger partial charge in [0.2, 0.25) is 0 Å². The lowest BCUT2D eigenvalue weighted by atomic mass is 10.1. The Morgan fingerprint density at radius 1 is 1.75 bits per heavy atom. The summed E-state index contributed by atoms with van der Waals surface area (Å²) in [5.74, 6) is 0. The molecule has 8 heavy (non-hydrogen) atoms. The van der Waals surface area contributed by atoms with Crippen LogP contribution in [0.25, 0.3) is 0 Å². The van der Waals surface area contributed by atoms with Gasteiger partial charge in [0.15, 0.2) is 0 Å². The Labute approximate surface area is 50.4 Å². The van der Waals surface area contributed by atoms with Gasteiger partial charge in [-0.1, -0.05) is 0 Å². The first-order chi connectivity index (χ1) is 3.80. The first kappa shape index (κ1) is 6.05. The van der Waals surface area contributed by atoms with Crippen molar-refractivity contribution in [2.45, 2.75) is 31.8 Å². The fourth-order valence-corrected chi connectivity index (χ4v) is 1.14. The van der Waals surface area contributed by atoms with E-state index in [1.165, 1.54) is 12.8 Å². The van der Waals surface area contributed by atoms with E-state index >= 15 is 0 Å². The second-order valence-electron chi connectivity index (χ2n) is 2.49. The van der Waals surface area contributed by atoms with Gasteiger partial charge in [-0.3, -0.25) is 5.73 Å². The molecule has 1 saturated heterocycles. The van der Waals surface area contributed by atoms with Crippen molar-refractivity contribution in [2.24, 2.45) is 0 Å². The van der Waals surface area contributed by atoms with Crippen LogP contribution < -0.4 is 11.1 Å². The van der Waals surface area contributed by atoms with E-state index in [4.69, 9.17) is 5.73 Å². The molecule has 1 radical (unpaired) electrons. The fourth-order valence-electron chi connectivity index (χ4n) is 1.14. The van der Waals surface area contributed by atoms with Crippen molar-refractivity contribution in [3.05, 3.63) is 0 Å². The van der Waals surface area contributed by atoms with Crippen molar-refractivity contribution in [1.29, 1.82) is 0 Å². The molecular weight excluding hydrogens is 100 g/mol. The minimum absolute atomic E-state index is 0.0810. The molecule has 2 nitrogen and oxygen atoms in total. The van der Waals surface area contributed by atoms with Crippen LogP contribution in [0.2, 0.25) is 0 Å². The van der Waals surface area contributed by atoms with Crippen LogP contribution >= 0.6 is 0 Å². The second-order valence-corrected chi connectivity index (χ2v) is 2.49. The predicted octanol–water partition coefficient (Wildman–Crippen LogP) is 0.410. The number of hydrogen-bond donors (Lipinski definition) is 1. The van der Waals surface area contributed by atoms with E-state index in [0.717, 1.165) is 6.54 Å². The van der Waals surface area contributed by atoms with Crippen LogP contribution in [0.15, 0.2) is 0 Å². The topological polar surface area (TPSA) is 35.8 Å². The molecule has 1 heterocycles. The first-order valence-electron chi connectivity index (χ1n) is 3.25. The Morgan fingerprint density at radius 3 is 2.75 bits per heavy atom. The van der Waals surface area contributed by atoms with Crippen molar-refractivity contribution in [2.75, 3.05) is 6.54 Å². The summed E-state index contributed by atoms with van der Waals surface area (Å²) in [6.45, 7) is 3.07. The van der Waals surface area contributed by atoms with E-state index in [1.807, 2.05) is 6.92 Å². The van der Waals surface area contributed by atoms with Crippen LogP contribution in [0.5, 0.6) is 0 Å². The van der Waals surface area contributed by atoms with Crippen LogP contribution in [-0.4, -0.2) is 18.6 Å². The van der Waals surface area contributed by atoms with Gasteiger partial charge < -0.3 is 5.32 Å². The Morgan fingerprint density at radius 2 is 2.50 bits per heavy atom. The van der Waals surface area contributed by atoms with Crippen LogP contribution in [0, 0.1) is 0 Å². The van der Waals surface area contributed by atoms with Gasteiger partial charge in [0.05, 0.1) is 0 Å². The molecule has 1 rings (SSSR count). The highest BCUT2D eigenvalue weighted by Gasteiger charge is 2.17. The van der Waals surface area contributed by atoms with E-state index in [9.17, 15) is 0 Å². The molecule has 2 heteroatoms. The lowest BCUT2D eigenvalue weighted by Gasteiger charge is -2.11. The van der Waals surface area contributed by atoms with Gasteiger partial charge in [-0.2, -0.15) is 0 Å². The molecule has 2 atom stereocenters. The van der Waals surface area contributed by atoms with Crippen molar-refractivity contribution in [3.8, 4) is 0 Å². The molecule has 0 bridgehead atoms. The lowest BCUT2D eigenvalue weighted by molar-refractivity contribution is 0.502. The molecule has 1 fully saturated rings. The van der Waals surface area contributed by atoms with Crippen LogP contribution in [0.3, 0.4) is 0 Å². The van der Waals surface area contributed by atoms with Gasteiger partial charge in [-0.05, 0) is 26.3 Å². The third-order valence-corrected chi connectivity index (χ3v) is 1.70. The molecule has 0 aliphatic carbocycles. The Balaban J connectivity index is 2.24. The van der Waals surface area contributed by atoms with E-state index in [0.29, 0.717) is 6.04 Å². The SMILES string of the molecule is C[C@@H]([NH])C1CCCN1. The number of hydrogen-bond acceptors (Lipinski definition) is 1. The Hall–Kier alpha value is -0.0800. The molecule has 0 amide bonds. The smallest absolute Gasteiger partial charge is 0.0338 e. The summed E-state index contributed by atoms with van der Waals surface area (Å²) in [6.07, 6.45) is 2.46. The van der Waals surface area contributed by atoms with Gasteiger partial charge >= 0.3 is 0 Å². The molecule has 0 saturated carbocycles. The summed E-state index contributed by atoms with van der Waals surface area (Å²) >= 11 is 0. The molecule has 0 aromatic heterocycles. The van der Waals surface area contributed by atoms with Crippen molar-refractivity contribution in [3.63, 3.8) is 0 Å². The molecule has 47 valence electrons. The lowest BCUT2D eigenvalue weighted by Crippen LogP contribution is -2.33. The maximum absolute atomic E-state index is 7.31. The molecule has 0 spiro atoms. The Kier molecular flexibility index (Phi) is 1.86. The van der Waals surface area contributed by atoms with E-state index in [-0.39, 0.29) is 6.04 Å². The summed E-state index contributed by atoms with van der Waals surface area (Å²) in [4.78, 5) is 0. The van der Waals surface area contributed by atoms with Gasteiger partial charge in [0.1, 0.15) is 0 Å². The van der Waals surface area contributed by atoms with Gasteiger partial charge in [-0.15, -0.1) is 0 Å². The molecule has 0 aromatic rings. The van der Waals surface area contributed by atoms with E-state index in [2.05, 4.69) is 5.32 Å². The highest BCUT2D eigenvalue weighted by atomic mass is 15.0. The summed E-state index contributed by atoms with van der Waals surface area (Å²) in [6, 6.07) is 0.562. The molecule has 0 aromatic carbocycles. The van der Waals surface area contributed by atoms with Crippen LogP contribution in [0.1, 0.15) is 19.8 Å². The largest absolute Gasteiger partial charge is 0.312 e. The first-order valence-corrected chi connectivity index (χ1v) is 3.25. The highest BCUT2D eigenvalue weighted by molar-refractivity contribution is 4.80. The van der Waals surface area contributed by atoms with E-state index < -0.39 is 0 Å². The standard InChI is InChI=1S/C6H13N2/c1-5(7)6-3-2-4-8-6/h5-8H,2-4H2,1H3/t5-,6?/m1/s1. The Bertz CT molecular complexity index is 64.9. The maximum atomic E-state index is 7.31. The maximum Gasteiger partial charge on any atom is 0.0338 e.